The van der Waals surface area contributed by atoms with Gasteiger partial charge in [-0.3, -0.25) is 0 Å². The van der Waals surface area contributed by atoms with E-state index in [1.807, 2.05) is 60.7 Å². The van der Waals surface area contributed by atoms with Crippen molar-refractivity contribution in [1.29, 1.82) is 0 Å². The molecule has 2 amide bonds. The average molecular weight is 433 g/mol. The molecule has 1 aromatic heterocycles. The highest BCUT2D eigenvalue weighted by molar-refractivity contribution is 6.30. The molecule has 0 fully saturated rings. The van der Waals surface area contributed by atoms with Crippen molar-refractivity contribution in [3.05, 3.63) is 107 Å². The number of nitrogens with one attached hydrogen (secondary N) is 2. The summed E-state index contributed by atoms with van der Waals surface area (Å²) < 4.78 is 5.89. The molecule has 0 saturated heterocycles. The number of halogens is 1. The van der Waals surface area contributed by atoms with Crippen molar-refractivity contribution in [3.8, 4) is 11.5 Å². The van der Waals surface area contributed by atoms with E-state index in [9.17, 15) is 4.79 Å². The molecule has 156 valence electrons. The lowest BCUT2D eigenvalue weighted by atomic mass is 10.1. The van der Waals surface area contributed by atoms with Crippen molar-refractivity contribution in [2.45, 2.75) is 12.5 Å². The van der Waals surface area contributed by atoms with Crippen molar-refractivity contribution in [2.24, 2.45) is 0 Å². The standard InChI is InChI=1S/C24H21ClN4O2/c25-20-13-11-19(12-14-20)22-28-29-23(31-22)21(18-9-5-2-6-10-18)27-24(30)26-16-15-17-7-3-1-4-8-17/h1-14,21H,15-16H2,(H2,26,27,30)/t21-/m0/s1. The lowest BCUT2D eigenvalue weighted by Crippen LogP contribution is -2.39. The van der Waals surface area contributed by atoms with Crippen LogP contribution in [0.25, 0.3) is 11.5 Å². The van der Waals surface area contributed by atoms with Crippen molar-refractivity contribution in [2.75, 3.05) is 6.54 Å². The summed E-state index contributed by atoms with van der Waals surface area (Å²) in [6, 6.07) is 25.7. The fourth-order valence-corrected chi connectivity index (χ4v) is 3.27. The smallest absolute Gasteiger partial charge is 0.315 e. The van der Waals surface area contributed by atoms with Crippen molar-refractivity contribution in [3.63, 3.8) is 0 Å². The molecule has 4 rings (SSSR count). The fourth-order valence-electron chi connectivity index (χ4n) is 3.14. The Bertz CT molecular complexity index is 1120. The van der Waals surface area contributed by atoms with Crippen LogP contribution in [0.15, 0.2) is 89.3 Å². The molecule has 3 aromatic carbocycles. The Morgan fingerprint density at radius 1 is 0.903 bits per heavy atom. The zero-order valence-corrected chi connectivity index (χ0v) is 17.4. The molecule has 0 unspecified atom stereocenters. The summed E-state index contributed by atoms with van der Waals surface area (Å²) >= 11 is 5.95. The molecular weight excluding hydrogens is 412 g/mol. The summed E-state index contributed by atoms with van der Waals surface area (Å²) in [7, 11) is 0. The monoisotopic (exact) mass is 432 g/mol. The van der Waals surface area contributed by atoms with Crippen LogP contribution in [0.4, 0.5) is 4.79 Å². The summed E-state index contributed by atoms with van der Waals surface area (Å²) in [5, 5.41) is 14.8. The van der Waals surface area contributed by atoms with Crippen LogP contribution in [0.1, 0.15) is 23.1 Å². The minimum Gasteiger partial charge on any atom is -0.418 e. The van der Waals surface area contributed by atoms with Crippen LogP contribution in [0, 0.1) is 0 Å². The van der Waals surface area contributed by atoms with Crippen molar-refractivity contribution < 1.29 is 9.21 Å². The summed E-state index contributed by atoms with van der Waals surface area (Å²) in [6.45, 7) is 0.511. The maximum Gasteiger partial charge on any atom is 0.315 e. The van der Waals surface area contributed by atoms with Gasteiger partial charge in [0.1, 0.15) is 6.04 Å². The molecule has 31 heavy (non-hydrogen) atoms. The van der Waals surface area contributed by atoms with Gasteiger partial charge >= 0.3 is 6.03 Å². The number of rotatable bonds is 7. The molecule has 7 heteroatoms. The number of hydrogen-bond acceptors (Lipinski definition) is 4. The van der Waals surface area contributed by atoms with E-state index in [0.717, 1.165) is 23.1 Å². The predicted octanol–water partition coefficient (Wildman–Crippen LogP) is 5.02. The second kappa shape index (κ2) is 9.91. The van der Waals surface area contributed by atoms with Gasteiger partial charge in [0.15, 0.2) is 0 Å². The van der Waals surface area contributed by atoms with E-state index in [4.69, 9.17) is 16.0 Å². The maximum atomic E-state index is 12.6. The summed E-state index contributed by atoms with van der Waals surface area (Å²) in [5.41, 5.74) is 2.75. The number of nitrogens with zero attached hydrogens (tertiary/aromatic N) is 2. The molecule has 2 N–H and O–H groups in total. The fraction of sp³-hybridized carbons (Fsp3) is 0.125. The van der Waals surface area contributed by atoms with Gasteiger partial charge in [0, 0.05) is 17.1 Å². The molecule has 4 aromatic rings. The van der Waals surface area contributed by atoms with Gasteiger partial charge in [0.2, 0.25) is 11.8 Å². The number of aromatic nitrogens is 2. The van der Waals surface area contributed by atoms with Crippen LogP contribution >= 0.6 is 11.6 Å². The van der Waals surface area contributed by atoms with Gasteiger partial charge in [0.05, 0.1) is 0 Å². The van der Waals surface area contributed by atoms with E-state index in [1.165, 1.54) is 0 Å². The van der Waals surface area contributed by atoms with Crippen LogP contribution in [0.3, 0.4) is 0 Å². The Morgan fingerprint density at radius 3 is 2.29 bits per heavy atom. The molecule has 0 saturated carbocycles. The number of urea groups is 1. The first kappa shape index (κ1) is 20.6. The number of benzene rings is 3. The molecule has 0 aliphatic carbocycles. The van der Waals surface area contributed by atoms with E-state index in [1.54, 1.807) is 24.3 Å². The maximum absolute atomic E-state index is 12.6. The van der Waals surface area contributed by atoms with E-state index in [2.05, 4.69) is 20.8 Å². The predicted molar refractivity (Wildman–Crippen MR) is 120 cm³/mol. The highest BCUT2D eigenvalue weighted by Crippen LogP contribution is 2.25. The topological polar surface area (TPSA) is 80.0 Å². The molecule has 0 radical (unpaired) electrons. The Labute approximate surface area is 185 Å². The minimum atomic E-state index is -0.577. The molecule has 0 aliphatic heterocycles. The first-order valence-corrected chi connectivity index (χ1v) is 10.3. The Balaban J connectivity index is 1.47. The molecular formula is C24H21ClN4O2. The SMILES string of the molecule is O=C(NCCc1ccccc1)N[C@@H](c1ccccc1)c1nnc(-c2ccc(Cl)cc2)o1. The van der Waals surface area contributed by atoms with Gasteiger partial charge in [-0.05, 0) is 41.8 Å². The van der Waals surface area contributed by atoms with Crippen LogP contribution in [0.2, 0.25) is 5.02 Å². The van der Waals surface area contributed by atoms with Crippen LogP contribution in [-0.2, 0) is 6.42 Å². The number of amides is 2. The molecule has 0 spiro atoms. The minimum absolute atomic E-state index is 0.300. The van der Waals surface area contributed by atoms with Crippen molar-refractivity contribution in [1.82, 2.24) is 20.8 Å². The lowest BCUT2D eigenvalue weighted by molar-refractivity contribution is 0.237. The third kappa shape index (κ3) is 5.49. The zero-order chi connectivity index (χ0) is 21.5. The van der Waals surface area contributed by atoms with E-state index < -0.39 is 6.04 Å². The highest BCUT2D eigenvalue weighted by Gasteiger charge is 2.23. The molecule has 1 atom stereocenters. The van der Waals surface area contributed by atoms with E-state index in [-0.39, 0.29) is 6.03 Å². The third-order valence-corrected chi connectivity index (χ3v) is 4.98. The largest absolute Gasteiger partial charge is 0.418 e. The molecule has 0 aliphatic rings. The highest BCUT2D eigenvalue weighted by atomic mass is 35.5. The number of hydrogen-bond donors (Lipinski definition) is 2. The second-order valence-electron chi connectivity index (χ2n) is 6.93. The summed E-state index contributed by atoms with van der Waals surface area (Å²) in [4.78, 5) is 12.6. The molecule has 1 heterocycles. The van der Waals surface area contributed by atoms with Crippen LogP contribution in [-0.4, -0.2) is 22.8 Å². The Kier molecular flexibility index (Phi) is 6.59. The Hall–Kier alpha value is -3.64. The van der Waals surface area contributed by atoms with Gasteiger partial charge in [-0.25, -0.2) is 4.79 Å². The van der Waals surface area contributed by atoms with Gasteiger partial charge in [-0.15, -0.1) is 10.2 Å². The first-order chi connectivity index (χ1) is 15.2. The van der Waals surface area contributed by atoms with Crippen LogP contribution < -0.4 is 10.6 Å². The van der Waals surface area contributed by atoms with Crippen LogP contribution in [0.5, 0.6) is 0 Å². The summed E-state index contributed by atoms with van der Waals surface area (Å²) in [6.07, 6.45) is 0.742. The normalized spacial score (nSPS) is 11.6. The van der Waals surface area contributed by atoms with Gasteiger partial charge in [-0.2, -0.15) is 0 Å². The van der Waals surface area contributed by atoms with E-state index >= 15 is 0 Å². The molecule has 0 bridgehead atoms. The molecule has 6 nitrogen and oxygen atoms in total. The zero-order valence-electron chi connectivity index (χ0n) is 16.7. The number of carbonyl (C=O) groups is 1. The van der Waals surface area contributed by atoms with E-state index in [0.29, 0.717) is 23.3 Å². The first-order valence-electron chi connectivity index (χ1n) is 9.91. The lowest BCUT2D eigenvalue weighted by Gasteiger charge is -2.16. The average Bonchev–Trinajstić information content (AvgIpc) is 3.29. The second-order valence-corrected chi connectivity index (χ2v) is 7.37. The summed E-state index contributed by atoms with van der Waals surface area (Å²) in [5.74, 6) is 0.660. The third-order valence-electron chi connectivity index (χ3n) is 4.73. The van der Waals surface area contributed by atoms with Gasteiger partial charge in [-0.1, -0.05) is 72.3 Å². The Morgan fingerprint density at radius 2 is 1.58 bits per heavy atom. The quantitative estimate of drug-likeness (QED) is 0.429. The van der Waals surface area contributed by atoms with Crippen molar-refractivity contribution >= 4 is 17.6 Å². The number of carbonyl (C=O) groups excluding carboxylic acids is 1. The van der Waals surface area contributed by atoms with Gasteiger partial charge < -0.3 is 15.1 Å². The van der Waals surface area contributed by atoms with Gasteiger partial charge in [0.25, 0.3) is 0 Å².